The number of carboxylic acid groups (broad SMARTS) is 1. The van der Waals surface area contributed by atoms with E-state index >= 15 is 0 Å². The molecule has 1 aromatic carbocycles. The summed E-state index contributed by atoms with van der Waals surface area (Å²) in [6.07, 6.45) is 2.81. The molecule has 27 heavy (non-hydrogen) atoms. The van der Waals surface area contributed by atoms with Gasteiger partial charge in [0.25, 0.3) is 0 Å². The Hall–Kier alpha value is -1.76. The van der Waals surface area contributed by atoms with Gasteiger partial charge in [0.15, 0.2) is 0 Å². The maximum atomic E-state index is 12.2. The number of carbonyl (C=O) groups is 2. The summed E-state index contributed by atoms with van der Waals surface area (Å²) < 4.78 is 5.80. The minimum atomic E-state index is -0.903. The molecule has 144 valence electrons. The van der Waals surface area contributed by atoms with E-state index < -0.39 is 5.97 Å². The Morgan fingerprint density at radius 2 is 2.00 bits per heavy atom. The zero-order valence-corrected chi connectivity index (χ0v) is 16.8. The minimum absolute atomic E-state index is 0.0215. The number of aromatic carboxylic acids is 1. The third kappa shape index (κ3) is 5.37. The number of carbonyl (C=O) groups excluding carboxylic acids is 1. The zero-order valence-electron chi connectivity index (χ0n) is 14.5. The predicted molar refractivity (Wildman–Crippen MR) is 106 cm³/mol. The van der Waals surface area contributed by atoms with Gasteiger partial charge in [-0.15, -0.1) is 11.3 Å². The highest BCUT2D eigenvalue weighted by atomic mass is 35.5. The van der Waals surface area contributed by atoms with Crippen molar-refractivity contribution in [2.45, 2.75) is 31.7 Å². The van der Waals surface area contributed by atoms with Crippen LogP contribution in [-0.2, 0) is 11.2 Å². The van der Waals surface area contributed by atoms with Gasteiger partial charge in [0.05, 0.1) is 6.04 Å². The zero-order chi connectivity index (χ0) is 19.4. The van der Waals surface area contributed by atoms with Crippen LogP contribution in [0.3, 0.4) is 0 Å². The molecule has 1 aromatic heterocycles. The lowest BCUT2D eigenvalue weighted by molar-refractivity contribution is -0.129. The lowest BCUT2D eigenvalue weighted by atomic mass is 10.2. The molecule has 5 nitrogen and oxygen atoms in total. The number of halogens is 2. The third-order valence-corrected chi connectivity index (χ3v) is 6.00. The summed E-state index contributed by atoms with van der Waals surface area (Å²) in [4.78, 5) is 26.3. The van der Waals surface area contributed by atoms with E-state index in [0.717, 1.165) is 24.1 Å². The second kappa shape index (κ2) is 8.95. The van der Waals surface area contributed by atoms with Crippen molar-refractivity contribution in [2.75, 3.05) is 13.2 Å². The Morgan fingerprint density at radius 3 is 2.67 bits per heavy atom. The smallest absolute Gasteiger partial charge is 0.345 e. The van der Waals surface area contributed by atoms with Crippen LogP contribution < -0.4 is 4.74 Å². The maximum absolute atomic E-state index is 12.2. The third-order valence-electron chi connectivity index (χ3n) is 4.43. The van der Waals surface area contributed by atoms with Crippen molar-refractivity contribution in [2.24, 2.45) is 0 Å². The van der Waals surface area contributed by atoms with Gasteiger partial charge in [-0.1, -0.05) is 23.2 Å². The number of amides is 1. The standard InChI is InChI=1S/C19H19Cl2NO4S/c20-12-8-13(21)10-15(9-12)26-11-14-3-6-18(23)22(14)7-1-2-16-4-5-17(27-16)19(24)25/h4-5,8-10,14H,1-3,6-7,11H2,(H,24,25). The van der Waals surface area contributed by atoms with Crippen molar-refractivity contribution in [3.8, 4) is 5.75 Å². The van der Waals surface area contributed by atoms with E-state index in [1.54, 1.807) is 24.3 Å². The van der Waals surface area contributed by atoms with Gasteiger partial charge in [0.2, 0.25) is 5.91 Å². The maximum Gasteiger partial charge on any atom is 0.345 e. The number of rotatable bonds is 8. The molecule has 0 bridgehead atoms. The number of thiophene rings is 1. The van der Waals surface area contributed by atoms with Gasteiger partial charge in [-0.25, -0.2) is 4.79 Å². The van der Waals surface area contributed by atoms with Crippen LogP contribution in [0.5, 0.6) is 5.75 Å². The van der Waals surface area contributed by atoms with Crippen LogP contribution in [0, 0.1) is 0 Å². The average molecular weight is 428 g/mol. The number of likely N-dealkylation sites (tertiary alicyclic amines) is 1. The van der Waals surface area contributed by atoms with E-state index in [-0.39, 0.29) is 11.9 Å². The summed E-state index contributed by atoms with van der Waals surface area (Å²) in [6.45, 7) is 1.02. The second-order valence-corrected chi connectivity index (χ2v) is 8.41. The first kappa shape index (κ1) is 20.0. The first-order chi connectivity index (χ1) is 12.9. The summed E-state index contributed by atoms with van der Waals surface area (Å²) in [5, 5.41) is 10.00. The van der Waals surface area contributed by atoms with Gasteiger partial charge >= 0.3 is 5.97 Å². The minimum Gasteiger partial charge on any atom is -0.491 e. The molecular formula is C19H19Cl2NO4S. The van der Waals surface area contributed by atoms with Gasteiger partial charge in [-0.2, -0.15) is 0 Å². The van der Waals surface area contributed by atoms with Crippen molar-refractivity contribution in [1.82, 2.24) is 4.90 Å². The Balaban J connectivity index is 1.51. The number of nitrogens with zero attached hydrogens (tertiary/aromatic N) is 1. The molecule has 1 amide bonds. The number of hydrogen-bond donors (Lipinski definition) is 1. The molecule has 2 aromatic rings. The lowest BCUT2D eigenvalue weighted by Crippen LogP contribution is -2.37. The van der Waals surface area contributed by atoms with Gasteiger partial charge in [0.1, 0.15) is 17.2 Å². The molecule has 1 fully saturated rings. The van der Waals surface area contributed by atoms with E-state index in [0.29, 0.717) is 40.2 Å². The lowest BCUT2D eigenvalue weighted by Gasteiger charge is -2.25. The number of benzene rings is 1. The molecule has 3 rings (SSSR count). The van der Waals surface area contributed by atoms with Crippen LogP contribution in [0.1, 0.15) is 33.8 Å². The molecule has 0 aliphatic carbocycles. The first-order valence-corrected chi connectivity index (χ1v) is 10.2. The van der Waals surface area contributed by atoms with E-state index in [1.165, 1.54) is 11.3 Å². The normalized spacial score (nSPS) is 16.7. The molecule has 1 aliphatic rings. The first-order valence-electron chi connectivity index (χ1n) is 8.63. The molecule has 8 heteroatoms. The Labute approximate surface area is 171 Å². The Morgan fingerprint density at radius 1 is 1.26 bits per heavy atom. The number of hydrogen-bond acceptors (Lipinski definition) is 4. The van der Waals surface area contributed by atoms with Crippen LogP contribution in [0.2, 0.25) is 10.0 Å². The number of carboxylic acids is 1. The fourth-order valence-corrected chi connectivity index (χ4v) is 4.52. The van der Waals surface area contributed by atoms with Gasteiger partial charge in [-0.05, 0) is 49.6 Å². The molecule has 1 saturated heterocycles. The highest BCUT2D eigenvalue weighted by Crippen LogP contribution is 2.26. The van der Waals surface area contributed by atoms with Crippen molar-refractivity contribution in [3.05, 3.63) is 50.1 Å². The highest BCUT2D eigenvalue weighted by molar-refractivity contribution is 7.13. The Kier molecular flexibility index (Phi) is 6.63. The summed E-state index contributed by atoms with van der Waals surface area (Å²) in [5.41, 5.74) is 0. The monoisotopic (exact) mass is 427 g/mol. The second-order valence-electron chi connectivity index (χ2n) is 6.37. The van der Waals surface area contributed by atoms with Gasteiger partial charge in [-0.3, -0.25) is 4.79 Å². The predicted octanol–water partition coefficient (Wildman–Crippen LogP) is 4.76. The molecule has 1 unspecified atom stereocenters. The molecule has 1 aliphatic heterocycles. The topological polar surface area (TPSA) is 66.8 Å². The summed E-state index contributed by atoms with van der Waals surface area (Å²) in [7, 11) is 0. The Bertz CT molecular complexity index is 819. The number of aryl methyl sites for hydroxylation is 1. The summed E-state index contributed by atoms with van der Waals surface area (Å²) >= 11 is 13.2. The van der Waals surface area contributed by atoms with Crippen molar-refractivity contribution < 1.29 is 19.4 Å². The van der Waals surface area contributed by atoms with Crippen LogP contribution >= 0.6 is 34.5 Å². The molecule has 2 heterocycles. The molecule has 0 saturated carbocycles. The van der Waals surface area contributed by atoms with Gasteiger partial charge < -0.3 is 14.7 Å². The van der Waals surface area contributed by atoms with Crippen LogP contribution in [0.4, 0.5) is 0 Å². The van der Waals surface area contributed by atoms with E-state index in [9.17, 15) is 9.59 Å². The fraction of sp³-hybridized carbons (Fsp3) is 0.368. The summed E-state index contributed by atoms with van der Waals surface area (Å²) in [6, 6.07) is 8.52. The molecule has 1 N–H and O–H groups in total. The van der Waals surface area contributed by atoms with E-state index in [4.69, 9.17) is 33.0 Å². The summed E-state index contributed by atoms with van der Waals surface area (Å²) in [5.74, 6) is -0.184. The van der Waals surface area contributed by atoms with Crippen molar-refractivity contribution in [3.63, 3.8) is 0 Å². The molecule has 0 spiro atoms. The van der Waals surface area contributed by atoms with E-state index in [1.807, 2.05) is 11.0 Å². The highest BCUT2D eigenvalue weighted by Gasteiger charge is 2.31. The molecule has 0 radical (unpaired) electrons. The van der Waals surface area contributed by atoms with Gasteiger partial charge in [0, 0.05) is 27.9 Å². The van der Waals surface area contributed by atoms with Crippen molar-refractivity contribution >= 4 is 46.4 Å². The van der Waals surface area contributed by atoms with E-state index in [2.05, 4.69) is 0 Å². The molecule has 1 atom stereocenters. The van der Waals surface area contributed by atoms with Crippen molar-refractivity contribution in [1.29, 1.82) is 0 Å². The SMILES string of the molecule is O=C(O)c1ccc(CCCN2C(=O)CCC2COc2cc(Cl)cc(Cl)c2)s1. The van der Waals surface area contributed by atoms with Crippen LogP contribution in [0.15, 0.2) is 30.3 Å². The average Bonchev–Trinajstić information content (AvgIpc) is 3.20. The number of ether oxygens (including phenoxy) is 1. The fourth-order valence-electron chi connectivity index (χ4n) is 3.13. The van der Waals surface area contributed by atoms with Crippen LogP contribution in [-0.4, -0.2) is 41.1 Å². The largest absolute Gasteiger partial charge is 0.491 e. The van der Waals surface area contributed by atoms with Crippen LogP contribution in [0.25, 0.3) is 0 Å². The quantitative estimate of drug-likeness (QED) is 0.659. The molecular weight excluding hydrogens is 409 g/mol.